The van der Waals surface area contributed by atoms with E-state index in [1.807, 2.05) is 24.3 Å². The highest BCUT2D eigenvalue weighted by Gasteiger charge is 2.14. The van der Waals surface area contributed by atoms with Crippen LogP contribution in [0.2, 0.25) is 0 Å². The normalized spacial score (nSPS) is 11.7. The zero-order valence-corrected chi connectivity index (χ0v) is 12.1. The molecule has 0 aliphatic carbocycles. The van der Waals surface area contributed by atoms with Gasteiger partial charge in [0.05, 0.1) is 0 Å². The van der Waals surface area contributed by atoms with Gasteiger partial charge in [0.2, 0.25) is 0 Å². The van der Waals surface area contributed by atoms with E-state index in [9.17, 15) is 8.42 Å². The predicted octanol–water partition coefficient (Wildman–Crippen LogP) is 1.65. The number of rotatable bonds is 3. The second-order valence-corrected chi connectivity index (χ2v) is 6.35. The summed E-state index contributed by atoms with van der Waals surface area (Å²) in [6.45, 7) is 2.29. The first-order chi connectivity index (χ1) is 8.36. The molecule has 2 N–H and O–H groups in total. The molecular formula is C11H12BrN3O2S. The first kappa shape index (κ1) is 13.3. The largest absolute Gasteiger partial charge is 0.329 e. The quantitative estimate of drug-likeness (QED) is 0.929. The Kier molecular flexibility index (Phi) is 3.56. The molecule has 0 radical (unpaired) electrons. The Balaban J connectivity index is 2.33. The van der Waals surface area contributed by atoms with Crippen LogP contribution in [0.5, 0.6) is 0 Å². The molecule has 0 fully saturated rings. The molecule has 0 unspecified atom stereocenters. The van der Waals surface area contributed by atoms with E-state index in [2.05, 4.69) is 20.9 Å². The van der Waals surface area contributed by atoms with Crippen LogP contribution >= 0.6 is 15.9 Å². The van der Waals surface area contributed by atoms with Crippen molar-refractivity contribution in [3.8, 4) is 0 Å². The standard InChI is InChI=1S/C11H12BrN3O2S/c1-8-14-11(18(13,16)17)7-15(8)6-9-3-2-4-10(12)5-9/h2-5,7H,6H2,1H3,(H2,13,16,17). The molecule has 5 nitrogen and oxygen atoms in total. The van der Waals surface area contributed by atoms with Gasteiger partial charge in [-0.2, -0.15) is 0 Å². The molecule has 1 heterocycles. The fraction of sp³-hybridized carbons (Fsp3) is 0.182. The molecule has 0 amide bonds. The Labute approximate surface area is 114 Å². The van der Waals surface area contributed by atoms with Gasteiger partial charge in [-0.05, 0) is 24.6 Å². The number of imidazole rings is 1. The predicted molar refractivity (Wildman–Crippen MR) is 71.6 cm³/mol. The third-order valence-corrected chi connectivity index (χ3v) is 3.76. The number of aryl methyl sites for hydroxylation is 1. The van der Waals surface area contributed by atoms with Crippen LogP contribution in [0.3, 0.4) is 0 Å². The molecule has 0 aliphatic heterocycles. The van der Waals surface area contributed by atoms with E-state index in [0.717, 1.165) is 10.0 Å². The number of sulfonamides is 1. The number of benzene rings is 1. The number of primary sulfonamides is 1. The van der Waals surface area contributed by atoms with Crippen LogP contribution in [-0.2, 0) is 16.6 Å². The average molecular weight is 330 g/mol. The third kappa shape index (κ3) is 2.98. The molecule has 0 aliphatic rings. The summed E-state index contributed by atoms with van der Waals surface area (Å²) >= 11 is 3.39. The van der Waals surface area contributed by atoms with Crippen molar-refractivity contribution in [3.05, 3.63) is 46.3 Å². The van der Waals surface area contributed by atoms with Crippen LogP contribution in [0.15, 0.2) is 40.0 Å². The topological polar surface area (TPSA) is 78.0 Å². The molecule has 96 valence electrons. The highest BCUT2D eigenvalue weighted by Crippen LogP contribution is 2.14. The monoisotopic (exact) mass is 329 g/mol. The van der Waals surface area contributed by atoms with Crippen LogP contribution in [0.25, 0.3) is 0 Å². The van der Waals surface area contributed by atoms with Gasteiger partial charge < -0.3 is 4.57 Å². The Morgan fingerprint density at radius 1 is 1.44 bits per heavy atom. The molecule has 0 saturated heterocycles. The van der Waals surface area contributed by atoms with Gasteiger partial charge in [-0.15, -0.1) is 0 Å². The third-order valence-electron chi connectivity index (χ3n) is 2.49. The summed E-state index contributed by atoms with van der Waals surface area (Å²) < 4.78 is 25.1. The van der Waals surface area contributed by atoms with Crippen molar-refractivity contribution < 1.29 is 8.42 Å². The van der Waals surface area contributed by atoms with Gasteiger partial charge in [0, 0.05) is 17.2 Å². The Hall–Kier alpha value is -1.18. The molecule has 0 bridgehead atoms. The summed E-state index contributed by atoms with van der Waals surface area (Å²) in [6.07, 6.45) is 1.45. The fourth-order valence-corrected chi connectivity index (χ4v) is 2.59. The molecular weight excluding hydrogens is 318 g/mol. The Bertz CT molecular complexity index is 679. The van der Waals surface area contributed by atoms with E-state index in [-0.39, 0.29) is 5.03 Å². The van der Waals surface area contributed by atoms with Crippen molar-refractivity contribution >= 4 is 26.0 Å². The van der Waals surface area contributed by atoms with Crippen LogP contribution < -0.4 is 5.14 Å². The van der Waals surface area contributed by atoms with Crippen molar-refractivity contribution in [1.82, 2.24) is 9.55 Å². The van der Waals surface area contributed by atoms with Crippen LogP contribution in [0, 0.1) is 6.92 Å². The first-order valence-corrected chi connectivity index (χ1v) is 7.51. The number of nitrogens with two attached hydrogens (primary N) is 1. The first-order valence-electron chi connectivity index (χ1n) is 5.17. The Morgan fingerprint density at radius 2 is 2.17 bits per heavy atom. The van der Waals surface area contributed by atoms with Crippen molar-refractivity contribution in [2.75, 3.05) is 0 Å². The summed E-state index contributed by atoms with van der Waals surface area (Å²) in [5.41, 5.74) is 1.05. The van der Waals surface area contributed by atoms with Crippen LogP contribution in [0.4, 0.5) is 0 Å². The van der Waals surface area contributed by atoms with Gasteiger partial charge >= 0.3 is 0 Å². The van der Waals surface area contributed by atoms with E-state index in [1.165, 1.54) is 6.20 Å². The Morgan fingerprint density at radius 3 is 2.72 bits per heavy atom. The van der Waals surface area contributed by atoms with Gasteiger partial charge in [0.1, 0.15) is 5.82 Å². The van der Waals surface area contributed by atoms with Crippen molar-refractivity contribution in [1.29, 1.82) is 0 Å². The minimum atomic E-state index is -3.75. The lowest BCUT2D eigenvalue weighted by Gasteiger charge is -2.05. The highest BCUT2D eigenvalue weighted by atomic mass is 79.9. The molecule has 1 aromatic heterocycles. The minimum absolute atomic E-state index is 0.102. The van der Waals surface area contributed by atoms with Crippen molar-refractivity contribution in [2.24, 2.45) is 5.14 Å². The summed E-state index contributed by atoms with van der Waals surface area (Å²) in [4.78, 5) is 3.94. The van der Waals surface area contributed by atoms with Gasteiger partial charge in [0.25, 0.3) is 10.0 Å². The number of aromatic nitrogens is 2. The number of hydrogen-bond acceptors (Lipinski definition) is 3. The number of halogens is 1. The maximum absolute atomic E-state index is 11.2. The molecule has 7 heteroatoms. The molecule has 0 atom stereocenters. The lowest BCUT2D eigenvalue weighted by Crippen LogP contribution is -2.12. The fourth-order valence-electron chi connectivity index (χ4n) is 1.61. The molecule has 18 heavy (non-hydrogen) atoms. The van der Waals surface area contributed by atoms with Gasteiger partial charge in [0.15, 0.2) is 5.03 Å². The summed E-state index contributed by atoms with van der Waals surface area (Å²) in [7, 11) is -3.75. The average Bonchev–Trinajstić information content (AvgIpc) is 2.60. The summed E-state index contributed by atoms with van der Waals surface area (Å²) in [6, 6.07) is 7.78. The summed E-state index contributed by atoms with van der Waals surface area (Å²) in [5, 5.41) is 4.94. The van der Waals surface area contributed by atoms with E-state index >= 15 is 0 Å². The highest BCUT2D eigenvalue weighted by molar-refractivity contribution is 9.10. The maximum atomic E-state index is 11.2. The van der Waals surface area contributed by atoms with Crippen molar-refractivity contribution in [2.45, 2.75) is 18.5 Å². The zero-order valence-electron chi connectivity index (χ0n) is 9.67. The van der Waals surface area contributed by atoms with E-state index in [1.54, 1.807) is 11.5 Å². The summed E-state index contributed by atoms with van der Waals surface area (Å²) in [5.74, 6) is 0.610. The molecule has 1 aromatic carbocycles. The second kappa shape index (κ2) is 4.83. The van der Waals surface area contributed by atoms with Gasteiger partial charge in [-0.25, -0.2) is 18.5 Å². The lowest BCUT2D eigenvalue weighted by molar-refractivity contribution is 0.594. The van der Waals surface area contributed by atoms with Gasteiger partial charge in [-0.3, -0.25) is 0 Å². The van der Waals surface area contributed by atoms with E-state index in [0.29, 0.717) is 12.4 Å². The molecule has 2 aromatic rings. The molecule has 2 rings (SSSR count). The number of hydrogen-bond donors (Lipinski definition) is 1. The van der Waals surface area contributed by atoms with Crippen LogP contribution in [0.1, 0.15) is 11.4 Å². The smallest absolute Gasteiger partial charge is 0.257 e. The SMILES string of the molecule is Cc1nc(S(N)(=O)=O)cn1Cc1cccc(Br)c1. The van der Waals surface area contributed by atoms with E-state index < -0.39 is 10.0 Å². The molecule has 0 spiro atoms. The van der Waals surface area contributed by atoms with Gasteiger partial charge in [-0.1, -0.05) is 28.1 Å². The number of nitrogens with zero attached hydrogens (tertiary/aromatic N) is 2. The maximum Gasteiger partial charge on any atom is 0.257 e. The second-order valence-electron chi connectivity index (χ2n) is 3.93. The molecule has 0 saturated carbocycles. The van der Waals surface area contributed by atoms with E-state index in [4.69, 9.17) is 5.14 Å². The zero-order chi connectivity index (χ0) is 13.3. The lowest BCUT2D eigenvalue weighted by atomic mass is 10.2. The van der Waals surface area contributed by atoms with Crippen molar-refractivity contribution in [3.63, 3.8) is 0 Å². The minimum Gasteiger partial charge on any atom is -0.329 e. The van der Waals surface area contributed by atoms with Crippen LogP contribution in [-0.4, -0.2) is 18.0 Å².